The van der Waals surface area contributed by atoms with Gasteiger partial charge >= 0.3 is 0 Å². The Kier molecular flexibility index (Phi) is 5.23. The zero-order valence-electron chi connectivity index (χ0n) is 12.0. The number of amides is 1. The highest BCUT2D eigenvalue weighted by molar-refractivity contribution is 9.09. The molecule has 1 aromatic rings. The first-order valence-corrected chi connectivity index (χ1v) is 7.06. The lowest BCUT2D eigenvalue weighted by atomic mass is 10.0. The minimum atomic E-state index is -0.287. The average Bonchev–Trinajstić information content (AvgIpc) is 2.44. The van der Waals surface area contributed by atoms with E-state index >= 15 is 0 Å². The van der Waals surface area contributed by atoms with Crippen LogP contribution in [0.3, 0.4) is 0 Å². The third-order valence-electron chi connectivity index (χ3n) is 3.17. The molecule has 1 rings (SSSR count). The van der Waals surface area contributed by atoms with Crippen molar-refractivity contribution in [2.45, 2.75) is 19.4 Å². The molecule has 0 bridgehead atoms. The van der Waals surface area contributed by atoms with E-state index in [0.717, 1.165) is 0 Å². The molecule has 0 saturated carbocycles. The van der Waals surface area contributed by atoms with Crippen LogP contribution in [-0.2, 0) is 0 Å². The number of halogens is 1. The summed E-state index contributed by atoms with van der Waals surface area (Å²) in [5.41, 5.74) is 0.212. The van der Waals surface area contributed by atoms with Gasteiger partial charge in [-0.05, 0) is 26.0 Å². The minimum Gasteiger partial charge on any atom is -0.493 e. The monoisotopic (exact) mass is 329 g/mol. The van der Waals surface area contributed by atoms with E-state index in [1.165, 1.54) is 7.11 Å². The Morgan fingerprint density at radius 3 is 2.42 bits per heavy atom. The van der Waals surface area contributed by atoms with Gasteiger partial charge in [0.2, 0.25) is 0 Å². The van der Waals surface area contributed by atoms with Gasteiger partial charge in [-0.1, -0.05) is 22.0 Å². The van der Waals surface area contributed by atoms with Crippen molar-refractivity contribution in [2.24, 2.45) is 0 Å². The summed E-state index contributed by atoms with van der Waals surface area (Å²) in [7, 11) is 4.87. The smallest absolute Gasteiger partial charge is 0.257 e. The molecule has 0 aliphatic rings. The maximum Gasteiger partial charge on any atom is 0.257 e. The third kappa shape index (κ3) is 3.21. The lowest BCUT2D eigenvalue weighted by Crippen LogP contribution is -2.46. The predicted octanol–water partition coefficient (Wildman–Crippen LogP) is 2.95. The van der Waals surface area contributed by atoms with Crippen LogP contribution >= 0.6 is 15.9 Å². The molecule has 0 aliphatic heterocycles. The molecule has 0 aromatic heterocycles. The Morgan fingerprint density at radius 2 is 1.95 bits per heavy atom. The Hall–Kier alpha value is -1.23. The van der Waals surface area contributed by atoms with E-state index in [1.54, 1.807) is 37.3 Å². The van der Waals surface area contributed by atoms with E-state index in [-0.39, 0.29) is 11.4 Å². The van der Waals surface area contributed by atoms with Crippen molar-refractivity contribution >= 4 is 21.8 Å². The number of para-hydroxylation sites is 1. The van der Waals surface area contributed by atoms with Crippen molar-refractivity contribution in [3.05, 3.63) is 23.8 Å². The first-order valence-electron chi connectivity index (χ1n) is 5.94. The fraction of sp³-hybridized carbons (Fsp3) is 0.500. The van der Waals surface area contributed by atoms with Gasteiger partial charge in [0.15, 0.2) is 11.5 Å². The minimum absolute atomic E-state index is 0.0970. The quantitative estimate of drug-likeness (QED) is 0.779. The fourth-order valence-corrected chi connectivity index (χ4v) is 1.98. The normalized spacial score (nSPS) is 11.1. The number of carbonyl (C=O) groups is 1. The van der Waals surface area contributed by atoms with Crippen LogP contribution in [0, 0.1) is 0 Å². The summed E-state index contributed by atoms with van der Waals surface area (Å²) >= 11 is 3.43. The molecule has 0 unspecified atom stereocenters. The van der Waals surface area contributed by atoms with Crippen molar-refractivity contribution in [3.8, 4) is 11.5 Å². The maximum atomic E-state index is 12.6. The number of methoxy groups -OCH3 is 2. The van der Waals surface area contributed by atoms with Gasteiger partial charge in [-0.25, -0.2) is 0 Å². The molecule has 106 valence electrons. The predicted molar refractivity (Wildman–Crippen MR) is 79.5 cm³/mol. The van der Waals surface area contributed by atoms with E-state index in [4.69, 9.17) is 9.47 Å². The number of benzene rings is 1. The van der Waals surface area contributed by atoms with Gasteiger partial charge in [0.05, 0.1) is 19.8 Å². The summed E-state index contributed by atoms with van der Waals surface area (Å²) in [6, 6.07) is 5.29. The molecule has 0 heterocycles. The molecule has 4 nitrogen and oxygen atoms in total. The van der Waals surface area contributed by atoms with Crippen LogP contribution in [0.2, 0.25) is 0 Å². The van der Waals surface area contributed by atoms with Crippen LogP contribution in [0.15, 0.2) is 18.2 Å². The summed E-state index contributed by atoms with van der Waals surface area (Å²) in [5.74, 6) is 0.922. The summed E-state index contributed by atoms with van der Waals surface area (Å²) in [6.45, 7) is 3.98. The van der Waals surface area contributed by atoms with Crippen LogP contribution in [0.25, 0.3) is 0 Å². The standard InChI is InChI=1S/C14H20BrNO3/c1-14(2,9-15)16(3)13(17)10-7-6-8-11(18-4)12(10)19-5/h6-8H,9H2,1-5H3. The summed E-state index contributed by atoms with van der Waals surface area (Å²) in [6.07, 6.45) is 0. The molecule has 0 N–H and O–H groups in total. The molecule has 0 atom stereocenters. The highest BCUT2D eigenvalue weighted by atomic mass is 79.9. The van der Waals surface area contributed by atoms with Crippen molar-refractivity contribution in [1.82, 2.24) is 4.90 Å². The van der Waals surface area contributed by atoms with Gasteiger partial charge in [-0.2, -0.15) is 0 Å². The first-order chi connectivity index (χ1) is 8.88. The number of nitrogens with zero attached hydrogens (tertiary/aromatic N) is 1. The number of hydrogen-bond acceptors (Lipinski definition) is 3. The van der Waals surface area contributed by atoms with Gasteiger partial charge in [0.25, 0.3) is 5.91 Å². The van der Waals surface area contributed by atoms with Crippen LogP contribution in [0.1, 0.15) is 24.2 Å². The number of rotatable bonds is 5. The second-order valence-electron chi connectivity index (χ2n) is 4.85. The Balaban J connectivity index is 3.20. The Bertz CT molecular complexity index is 460. The summed E-state index contributed by atoms with van der Waals surface area (Å²) in [5, 5.41) is 0.689. The Morgan fingerprint density at radius 1 is 1.32 bits per heavy atom. The topological polar surface area (TPSA) is 38.8 Å². The molecule has 5 heteroatoms. The molecule has 1 aromatic carbocycles. The highest BCUT2D eigenvalue weighted by Crippen LogP contribution is 2.32. The van der Waals surface area contributed by atoms with E-state index in [2.05, 4.69) is 15.9 Å². The zero-order valence-corrected chi connectivity index (χ0v) is 13.6. The second kappa shape index (κ2) is 6.28. The van der Waals surface area contributed by atoms with Crippen molar-refractivity contribution in [1.29, 1.82) is 0 Å². The van der Waals surface area contributed by atoms with Crippen molar-refractivity contribution in [3.63, 3.8) is 0 Å². The molecule has 0 radical (unpaired) electrons. The number of hydrogen-bond donors (Lipinski definition) is 0. The molecular weight excluding hydrogens is 310 g/mol. The van der Waals surface area contributed by atoms with Crippen LogP contribution in [0.4, 0.5) is 0 Å². The second-order valence-corrected chi connectivity index (χ2v) is 5.41. The van der Waals surface area contributed by atoms with Gasteiger partial charge < -0.3 is 14.4 Å². The van der Waals surface area contributed by atoms with Gasteiger partial charge in [-0.3, -0.25) is 4.79 Å². The highest BCUT2D eigenvalue weighted by Gasteiger charge is 2.29. The summed E-state index contributed by atoms with van der Waals surface area (Å²) < 4.78 is 10.5. The lowest BCUT2D eigenvalue weighted by molar-refractivity contribution is 0.0659. The van der Waals surface area contributed by atoms with E-state index in [9.17, 15) is 4.79 Å². The third-order valence-corrected chi connectivity index (χ3v) is 4.55. The zero-order chi connectivity index (χ0) is 14.6. The fourth-order valence-electron chi connectivity index (χ4n) is 1.60. The molecular formula is C14H20BrNO3. The molecule has 0 fully saturated rings. The number of carbonyl (C=O) groups excluding carboxylic acids is 1. The average molecular weight is 330 g/mol. The Labute approximate surface area is 122 Å². The van der Waals surface area contributed by atoms with Gasteiger partial charge in [0, 0.05) is 17.9 Å². The number of ether oxygens (including phenoxy) is 2. The SMILES string of the molecule is COc1cccc(C(=O)N(C)C(C)(C)CBr)c1OC. The first kappa shape index (κ1) is 15.8. The number of alkyl halides is 1. The van der Waals surface area contributed by atoms with Crippen LogP contribution in [0.5, 0.6) is 11.5 Å². The van der Waals surface area contributed by atoms with Gasteiger partial charge in [0.1, 0.15) is 0 Å². The lowest BCUT2D eigenvalue weighted by Gasteiger charge is -2.34. The molecule has 1 amide bonds. The molecule has 0 aliphatic carbocycles. The summed E-state index contributed by atoms with van der Waals surface area (Å²) in [4.78, 5) is 14.3. The molecule has 19 heavy (non-hydrogen) atoms. The van der Waals surface area contributed by atoms with Crippen molar-refractivity contribution < 1.29 is 14.3 Å². The molecule has 0 saturated heterocycles. The maximum absolute atomic E-state index is 12.6. The van der Waals surface area contributed by atoms with Crippen LogP contribution < -0.4 is 9.47 Å². The van der Waals surface area contributed by atoms with E-state index in [0.29, 0.717) is 22.4 Å². The van der Waals surface area contributed by atoms with Gasteiger partial charge in [-0.15, -0.1) is 0 Å². The van der Waals surface area contributed by atoms with Crippen LogP contribution in [-0.4, -0.2) is 42.9 Å². The largest absolute Gasteiger partial charge is 0.493 e. The van der Waals surface area contributed by atoms with E-state index in [1.807, 2.05) is 13.8 Å². The van der Waals surface area contributed by atoms with Crippen molar-refractivity contribution in [2.75, 3.05) is 26.6 Å². The van der Waals surface area contributed by atoms with E-state index < -0.39 is 0 Å². The molecule has 0 spiro atoms.